The third-order valence-electron chi connectivity index (χ3n) is 9.98. The van der Waals surface area contributed by atoms with Gasteiger partial charge in [0.2, 0.25) is 0 Å². The minimum atomic E-state index is -0.211. The number of nitrogens with one attached hydrogen (secondary N) is 1. The molecule has 1 saturated carbocycles. The smallest absolute Gasteiger partial charge is 0.127 e. The van der Waals surface area contributed by atoms with E-state index in [1.807, 2.05) is 0 Å². The van der Waals surface area contributed by atoms with Gasteiger partial charge in [-0.3, -0.25) is 0 Å². The summed E-state index contributed by atoms with van der Waals surface area (Å²) in [5.41, 5.74) is 6.63. The van der Waals surface area contributed by atoms with Crippen molar-refractivity contribution in [3.05, 3.63) is 59.2 Å². The average molecular weight is 440 g/mol. The Balaban J connectivity index is 1.54. The van der Waals surface area contributed by atoms with E-state index in [4.69, 9.17) is 4.74 Å². The Labute approximate surface area is 196 Å². The van der Waals surface area contributed by atoms with E-state index in [9.17, 15) is 5.26 Å². The van der Waals surface area contributed by atoms with Gasteiger partial charge in [-0.15, -0.1) is 0 Å². The zero-order valence-electron chi connectivity index (χ0n) is 19.9. The first-order valence-electron chi connectivity index (χ1n) is 12.8. The zero-order chi connectivity index (χ0) is 22.6. The highest BCUT2D eigenvalue weighted by atomic mass is 16.6. The predicted octanol–water partition coefficient (Wildman–Crippen LogP) is 5.63. The fourth-order valence-electron chi connectivity index (χ4n) is 8.82. The summed E-state index contributed by atoms with van der Waals surface area (Å²) in [5.74, 6) is 0.406. The van der Waals surface area contributed by atoms with Gasteiger partial charge < -0.3 is 15.0 Å². The number of benzene rings is 2. The van der Waals surface area contributed by atoms with Gasteiger partial charge in [0.1, 0.15) is 6.04 Å². The lowest BCUT2D eigenvalue weighted by molar-refractivity contribution is 0.185. The molecule has 2 fully saturated rings. The number of rotatable bonds is 2. The molecule has 170 valence electrons. The number of likely N-dealkylation sites (N-methyl/N-ethyl adjacent to an activating group) is 1. The number of anilines is 2. The Morgan fingerprint density at radius 3 is 2.58 bits per heavy atom. The van der Waals surface area contributed by atoms with Crippen LogP contribution in [0.25, 0.3) is 0 Å². The normalized spacial score (nSPS) is 39.2. The van der Waals surface area contributed by atoms with E-state index in [1.54, 1.807) is 0 Å². The summed E-state index contributed by atoms with van der Waals surface area (Å²) in [5, 5.41) is 14.7. The molecule has 0 bridgehead atoms. The Morgan fingerprint density at radius 1 is 1.03 bits per heavy atom. The topological polar surface area (TPSA) is 51.6 Å². The maximum atomic E-state index is 10.7. The van der Waals surface area contributed by atoms with Crippen molar-refractivity contribution in [2.75, 3.05) is 17.3 Å². The van der Waals surface area contributed by atoms with E-state index in [1.165, 1.54) is 40.9 Å². The number of hydrogen-bond donors (Lipinski definition) is 1. The highest BCUT2D eigenvalue weighted by Crippen LogP contribution is 2.69. The molecule has 3 aliphatic heterocycles. The molecular formula is C29H33N3O. The summed E-state index contributed by atoms with van der Waals surface area (Å²) >= 11 is 0. The van der Waals surface area contributed by atoms with E-state index in [0.29, 0.717) is 12.0 Å². The lowest BCUT2D eigenvalue weighted by Gasteiger charge is -2.50. The summed E-state index contributed by atoms with van der Waals surface area (Å²) in [7, 11) is 2.15. The fraction of sp³-hybridized carbons (Fsp3) is 0.552. The van der Waals surface area contributed by atoms with Gasteiger partial charge in [-0.2, -0.15) is 5.26 Å². The van der Waals surface area contributed by atoms with Gasteiger partial charge in [0.15, 0.2) is 0 Å². The van der Waals surface area contributed by atoms with Crippen LogP contribution in [-0.2, 0) is 15.6 Å². The van der Waals surface area contributed by atoms with Gasteiger partial charge in [0, 0.05) is 41.2 Å². The second-order valence-corrected chi connectivity index (χ2v) is 11.6. The molecule has 4 nitrogen and oxygen atoms in total. The van der Waals surface area contributed by atoms with Crippen LogP contribution in [0.2, 0.25) is 0 Å². The number of nitrogens with zero attached hydrogens (tertiary/aromatic N) is 2. The minimum absolute atomic E-state index is 0.0464. The first-order chi connectivity index (χ1) is 16.0. The Hall–Kier alpha value is -2.51. The van der Waals surface area contributed by atoms with E-state index in [2.05, 4.69) is 79.6 Å². The highest BCUT2D eigenvalue weighted by molar-refractivity contribution is 5.75. The van der Waals surface area contributed by atoms with Crippen LogP contribution in [0, 0.1) is 11.3 Å². The maximum Gasteiger partial charge on any atom is 0.127 e. The molecule has 3 heterocycles. The monoisotopic (exact) mass is 439 g/mol. The van der Waals surface area contributed by atoms with Crippen LogP contribution in [0.15, 0.2) is 42.5 Å². The van der Waals surface area contributed by atoms with Crippen LogP contribution in [0.1, 0.15) is 75.0 Å². The Morgan fingerprint density at radius 2 is 1.79 bits per heavy atom. The van der Waals surface area contributed by atoms with Crippen molar-refractivity contribution in [2.45, 2.75) is 92.9 Å². The quantitative estimate of drug-likeness (QED) is 0.617. The molecule has 6 atom stereocenters. The van der Waals surface area contributed by atoms with E-state index in [-0.39, 0.29) is 28.6 Å². The molecular weight excluding hydrogens is 406 g/mol. The number of hydrogen-bond acceptors (Lipinski definition) is 4. The largest absolute Gasteiger partial charge is 0.381 e. The molecule has 5 aliphatic rings. The van der Waals surface area contributed by atoms with Crippen molar-refractivity contribution in [1.29, 1.82) is 5.26 Å². The summed E-state index contributed by atoms with van der Waals surface area (Å²) < 4.78 is 6.24. The SMILES string of the molecule is CN1c2cccc3c2[C@@]([C@]24CCC[C@H]2Nc2ccccc24)(CCC[C@@H]3[C@H]2OC2(C)C)[C@H]1C#N. The number of fused-ring (bicyclic) bond motifs is 4. The van der Waals surface area contributed by atoms with Crippen molar-refractivity contribution in [1.82, 2.24) is 0 Å². The molecule has 0 unspecified atom stereocenters. The van der Waals surface area contributed by atoms with Crippen LogP contribution in [0.3, 0.4) is 0 Å². The number of epoxide rings is 1. The fourth-order valence-corrected chi connectivity index (χ4v) is 8.82. The lowest BCUT2D eigenvalue weighted by Crippen LogP contribution is -2.59. The Bertz CT molecular complexity index is 1200. The molecule has 1 saturated heterocycles. The second kappa shape index (κ2) is 6.33. The molecule has 4 heteroatoms. The molecule has 0 radical (unpaired) electrons. The lowest BCUT2D eigenvalue weighted by atomic mass is 9.51. The molecule has 0 amide bonds. The summed E-state index contributed by atoms with van der Waals surface area (Å²) in [6, 6.07) is 18.9. The third-order valence-corrected chi connectivity index (χ3v) is 9.98. The standard InChI is InChI=1S/C29H33N3O/c1-27(2)26(33-27)19-10-7-16-29(24(17-30)32(3)22-13-6-9-18(19)25(22)29)28-15-8-14-23(28)31-21-12-5-4-11-20(21)28/h4-6,9,11-13,19,23-24,26,31H,7-8,10,14-16H2,1-3H3/t19-,23+,24+,26+,28-,29+/m0/s1. The molecule has 33 heavy (non-hydrogen) atoms. The maximum absolute atomic E-state index is 10.7. The molecule has 2 aromatic carbocycles. The number of nitriles is 1. The van der Waals surface area contributed by atoms with Gasteiger partial charge in [0.05, 0.1) is 17.8 Å². The van der Waals surface area contributed by atoms with E-state index < -0.39 is 0 Å². The van der Waals surface area contributed by atoms with E-state index in [0.717, 1.165) is 25.7 Å². The van der Waals surface area contributed by atoms with Crippen LogP contribution >= 0.6 is 0 Å². The Kier molecular flexibility index (Phi) is 3.82. The summed E-state index contributed by atoms with van der Waals surface area (Å²) in [6.45, 7) is 4.46. The van der Waals surface area contributed by atoms with E-state index >= 15 is 0 Å². The van der Waals surface area contributed by atoms with Crippen molar-refractivity contribution < 1.29 is 4.74 Å². The average Bonchev–Trinajstić information content (AvgIpc) is 3.07. The molecule has 0 aromatic heterocycles. The number of ether oxygens (including phenoxy) is 1. The highest BCUT2D eigenvalue weighted by Gasteiger charge is 2.70. The van der Waals surface area contributed by atoms with Crippen LogP contribution in [-0.4, -0.2) is 30.8 Å². The van der Waals surface area contributed by atoms with Crippen LogP contribution < -0.4 is 10.2 Å². The first-order valence-corrected chi connectivity index (χ1v) is 12.8. The molecule has 2 aromatic rings. The number of para-hydroxylation sites is 1. The van der Waals surface area contributed by atoms with Crippen LogP contribution in [0.5, 0.6) is 0 Å². The predicted molar refractivity (Wildman–Crippen MR) is 131 cm³/mol. The third kappa shape index (κ3) is 2.21. The molecule has 2 aliphatic carbocycles. The van der Waals surface area contributed by atoms with Gasteiger partial charge >= 0.3 is 0 Å². The summed E-state index contributed by atoms with van der Waals surface area (Å²) in [4.78, 5) is 2.31. The van der Waals surface area contributed by atoms with Gasteiger partial charge in [-0.1, -0.05) is 43.2 Å². The van der Waals surface area contributed by atoms with Crippen molar-refractivity contribution in [3.8, 4) is 6.07 Å². The van der Waals surface area contributed by atoms with Crippen molar-refractivity contribution >= 4 is 11.4 Å². The molecule has 1 N–H and O–H groups in total. The summed E-state index contributed by atoms with van der Waals surface area (Å²) in [6.07, 6.45) is 7.17. The van der Waals surface area contributed by atoms with Crippen LogP contribution in [0.4, 0.5) is 11.4 Å². The first kappa shape index (κ1) is 19.9. The second-order valence-electron chi connectivity index (χ2n) is 11.6. The van der Waals surface area contributed by atoms with Gasteiger partial charge in [0.25, 0.3) is 0 Å². The molecule has 0 spiro atoms. The van der Waals surface area contributed by atoms with Gasteiger partial charge in [-0.25, -0.2) is 0 Å². The van der Waals surface area contributed by atoms with Gasteiger partial charge in [-0.05, 0) is 68.4 Å². The van der Waals surface area contributed by atoms with Crippen molar-refractivity contribution in [3.63, 3.8) is 0 Å². The van der Waals surface area contributed by atoms with Crippen molar-refractivity contribution in [2.24, 2.45) is 0 Å². The minimum Gasteiger partial charge on any atom is -0.381 e. The molecule has 7 rings (SSSR count). The zero-order valence-corrected chi connectivity index (χ0v) is 19.9.